The van der Waals surface area contributed by atoms with Crippen molar-refractivity contribution >= 4 is 22.8 Å². The summed E-state index contributed by atoms with van der Waals surface area (Å²) in [6, 6.07) is 9.82. The molecule has 0 aliphatic heterocycles. The van der Waals surface area contributed by atoms with E-state index in [0.29, 0.717) is 0 Å². The first-order chi connectivity index (χ1) is 8.65. The normalized spacial score (nSPS) is 10.2. The van der Waals surface area contributed by atoms with E-state index >= 15 is 0 Å². The van der Waals surface area contributed by atoms with E-state index in [0.717, 1.165) is 26.8 Å². The molecular formula is C14H15NO2S. The first kappa shape index (κ1) is 12.6. The van der Waals surface area contributed by atoms with Crippen molar-refractivity contribution < 1.29 is 9.53 Å². The molecule has 1 aromatic heterocycles. The van der Waals surface area contributed by atoms with Crippen LogP contribution in [0.3, 0.4) is 0 Å². The number of anilines is 1. The molecule has 0 fully saturated rings. The number of carbonyl (C=O) groups is 1. The van der Waals surface area contributed by atoms with Crippen LogP contribution in [0, 0.1) is 0 Å². The third kappa shape index (κ3) is 2.38. The molecule has 3 nitrogen and oxygen atoms in total. The average molecular weight is 261 g/mol. The topological polar surface area (TPSA) is 38.3 Å². The Morgan fingerprint density at radius 3 is 2.67 bits per heavy atom. The Labute approximate surface area is 110 Å². The quantitative estimate of drug-likeness (QED) is 0.853. The molecule has 0 saturated heterocycles. The molecule has 2 rings (SSSR count). The van der Waals surface area contributed by atoms with Crippen LogP contribution in [-0.4, -0.2) is 19.9 Å². The van der Waals surface area contributed by atoms with E-state index in [1.54, 1.807) is 14.0 Å². The highest BCUT2D eigenvalue weighted by Gasteiger charge is 2.13. The van der Waals surface area contributed by atoms with Gasteiger partial charge in [0.25, 0.3) is 0 Å². The summed E-state index contributed by atoms with van der Waals surface area (Å²) in [5, 5.41) is 3.05. The van der Waals surface area contributed by atoms with E-state index in [1.165, 1.54) is 11.3 Å². The second kappa shape index (κ2) is 5.23. The van der Waals surface area contributed by atoms with Crippen LogP contribution in [-0.2, 0) is 0 Å². The number of benzene rings is 1. The predicted molar refractivity (Wildman–Crippen MR) is 75.9 cm³/mol. The molecule has 1 heterocycles. The van der Waals surface area contributed by atoms with Crippen molar-refractivity contribution in [2.45, 2.75) is 6.92 Å². The van der Waals surface area contributed by atoms with Gasteiger partial charge in [-0.1, -0.05) is 12.1 Å². The number of ether oxygens (including phenoxy) is 1. The summed E-state index contributed by atoms with van der Waals surface area (Å²) in [4.78, 5) is 13.4. The molecule has 1 N–H and O–H groups in total. The Hall–Kier alpha value is -1.81. The molecule has 94 valence electrons. The molecule has 0 spiro atoms. The van der Waals surface area contributed by atoms with E-state index < -0.39 is 0 Å². The fourth-order valence-corrected chi connectivity index (χ4v) is 2.81. The van der Waals surface area contributed by atoms with Crippen LogP contribution in [0.2, 0.25) is 0 Å². The number of carbonyl (C=O) groups excluding carboxylic acids is 1. The van der Waals surface area contributed by atoms with Crippen molar-refractivity contribution in [3.8, 4) is 16.2 Å². The minimum atomic E-state index is 0.0819. The van der Waals surface area contributed by atoms with Crippen LogP contribution >= 0.6 is 11.3 Å². The van der Waals surface area contributed by atoms with Gasteiger partial charge in [0.05, 0.1) is 17.7 Å². The first-order valence-electron chi connectivity index (χ1n) is 5.62. The minimum absolute atomic E-state index is 0.0819. The number of ketones is 1. The van der Waals surface area contributed by atoms with Crippen molar-refractivity contribution in [2.75, 3.05) is 19.5 Å². The standard InChI is InChI=1S/C14H15NO2S/c1-9(16)14-12(15-2)8-13(18-14)10-5-4-6-11(7-10)17-3/h4-8,15H,1-3H3. The lowest BCUT2D eigenvalue weighted by molar-refractivity contribution is 0.102. The van der Waals surface area contributed by atoms with E-state index in [2.05, 4.69) is 5.32 Å². The lowest BCUT2D eigenvalue weighted by Gasteiger charge is -2.01. The van der Waals surface area contributed by atoms with Gasteiger partial charge in [0, 0.05) is 18.8 Å². The van der Waals surface area contributed by atoms with Gasteiger partial charge in [-0.15, -0.1) is 11.3 Å². The van der Waals surface area contributed by atoms with Crippen LogP contribution in [0.4, 0.5) is 5.69 Å². The van der Waals surface area contributed by atoms with Gasteiger partial charge in [-0.3, -0.25) is 4.79 Å². The Morgan fingerprint density at radius 2 is 2.11 bits per heavy atom. The van der Waals surface area contributed by atoms with Crippen LogP contribution in [0.15, 0.2) is 30.3 Å². The zero-order valence-electron chi connectivity index (χ0n) is 10.6. The maximum atomic E-state index is 11.5. The highest BCUT2D eigenvalue weighted by molar-refractivity contribution is 7.18. The fraction of sp³-hybridized carbons (Fsp3) is 0.214. The van der Waals surface area contributed by atoms with Crippen molar-refractivity contribution in [1.29, 1.82) is 0 Å². The summed E-state index contributed by atoms with van der Waals surface area (Å²) in [6.07, 6.45) is 0. The summed E-state index contributed by atoms with van der Waals surface area (Å²) in [7, 11) is 3.47. The van der Waals surface area contributed by atoms with E-state index in [9.17, 15) is 4.79 Å². The number of thiophene rings is 1. The van der Waals surface area contributed by atoms with Gasteiger partial charge in [0.1, 0.15) is 5.75 Å². The largest absolute Gasteiger partial charge is 0.497 e. The molecule has 2 aromatic rings. The Bertz CT molecular complexity index is 575. The molecule has 0 unspecified atom stereocenters. The third-order valence-corrected chi connectivity index (χ3v) is 3.96. The highest BCUT2D eigenvalue weighted by Crippen LogP contribution is 2.36. The van der Waals surface area contributed by atoms with Crippen LogP contribution in [0.1, 0.15) is 16.6 Å². The number of Topliss-reactive ketones (excluding diaryl/α,β-unsaturated/α-hetero) is 1. The van der Waals surface area contributed by atoms with Gasteiger partial charge < -0.3 is 10.1 Å². The summed E-state index contributed by atoms with van der Waals surface area (Å²) in [5.41, 5.74) is 1.94. The first-order valence-corrected chi connectivity index (χ1v) is 6.44. The smallest absolute Gasteiger partial charge is 0.171 e. The molecule has 4 heteroatoms. The predicted octanol–water partition coefficient (Wildman–Crippen LogP) is 3.67. The molecule has 0 amide bonds. The maximum absolute atomic E-state index is 11.5. The number of hydrogen-bond acceptors (Lipinski definition) is 4. The minimum Gasteiger partial charge on any atom is -0.497 e. The van der Waals surface area contributed by atoms with Crippen LogP contribution < -0.4 is 10.1 Å². The molecule has 18 heavy (non-hydrogen) atoms. The Balaban J connectivity index is 2.47. The maximum Gasteiger partial charge on any atom is 0.171 e. The SMILES string of the molecule is CNc1cc(-c2cccc(OC)c2)sc1C(C)=O. The average Bonchev–Trinajstić information content (AvgIpc) is 2.83. The van der Waals surface area contributed by atoms with Crippen molar-refractivity contribution in [2.24, 2.45) is 0 Å². The zero-order valence-corrected chi connectivity index (χ0v) is 11.4. The molecule has 0 bridgehead atoms. The van der Waals surface area contributed by atoms with Gasteiger partial charge in [0.15, 0.2) is 5.78 Å². The summed E-state index contributed by atoms with van der Waals surface area (Å²) < 4.78 is 5.21. The molecule has 0 aliphatic rings. The Kier molecular flexibility index (Phi) is 3.67. The van der Waals surface area contributed by atoms with Crippen molar-refractivity contribution in [1.82, 2.24) is 0 Å². The van der Waals surface area contributed by atoms with Gasteiger partial charge in [0.2, 0.25) is 0 Å². The molecule has 0 atom stereocenters. The molecular weight excluding hydrogens is 246 g/mol. The second-order valence-electron chi connectivity index (χ2n) is 3.89. The number of hydrogen-bond donors (Lipinski definition) is 1. The lowest BCUT2D eigenvalue weighted by Crippen LogP contribution is -1.94. The monoisotopic (exact) mass is 261 g/mol. The molecule has 0 radical (unpaired) electrons. The van der Waals surface area contributed by atoms with Gasteiger partial charge in [-0.2, -0.15) is 0 Å². The van der Waals surface area contributed by atoms with Crippen molar-refractivity contribution in [3.05, 3.63) is 35.2 Å². The third-order valence-electron chi connectivity index (χ3n) is 2.68. The summed E-state index contributed by atoms with van der Waals surface area (Å²) in [6.45, 7) is 1.59. The van der Waals surface area contributed by atoms with E-state index in [-0.39, 0.29) is 5.78 Å². The zero-order chi connectivity index (χ0) is 13.1. The van der Waals surface area contributed by atoms with Gasteiger partial charge in [-0.25, -0.2) is 0 Å². The van der Waals surface area contributed by atoms with E-state index in [4.69, 9.17) is 4.74 Å². The van der Waals surface area contributed by atoms with Crippen molar-refractivity contribution in [3.63, 3.8) is 0 Å². The van der Waals surface area contributed by atoms with Gasteiger partial charge >= 0.3 is 0 Å². The number of methoxy groups -OCH3 is 1. The van der Waals surface area contributed by atoms with E-state index in [1.807, 2.05) is 37.4 Å². The number of rotatable bonds is 4. The highest BCUT2D eigenvalue weighted by atomic mass is 32.1. The summed E-state index contributed by atoms with van der Waals surface area (Å²) >= 11 is 1.50. The molecule has 1 aromatic carbocycles. The van der Waals surface area contributed by atoms with Gasteiger partial charge in [-0.05, 0) is 23.8 Å². The number of nitrogens with one attached hydrogen (secondary N) is 1. The molecule has 0 aliphatic carbocycles. The van der Waals surface area contributed by atoms with Crippen LogP contribution in [0.25, 0.3) is 10.4 Å². The fourth-order valence-electron chi connectivity index (χ4n) is 1.76. The summed E-state index contributed by atoms with van der Waals surface area (Å²) in [5.74, 6) is 0.898. The lowest BCUT2D eigenvalue weighted by atomic mass is 10.1. The van der Waals surface area contributed by atoms with Crippen LogP contribution in [0.5, 0.6) is 5.75 Å². The second-order valence-corrected chi connectivity index (χ2v) is 4.94. The Morgan fingerprint density at radius 1 is 1.33 bits per heavy atom. The molecule has 0 saturated carbocycles.